The first-order valence-corrected chi connectivity index (χ1v) is 2.49. The summed E-state index contributed by atoms with van der Waals surface area (Å²) in [6, 6.07) is 0. The number of rotatable bonds is 3. The largest absolute Gasteiger partial charge is 0.321 e. The van der Waals surface area contributed by atoms with Crippen LogP contribution in [0.3, 0.4) is 0 Å². The van der Waals surface area contributed by atoms with Crippen LogP contribution in [-0.4, -0.2) is 20.1 Å². The minimum absolute atomic E-state index is 0.921. The van der Waals surface area contributed by atoms with E-state index < -0.39 is 18.5 Å². The highest BCUT2D eigenvalue weighted by Crippen LogP contribution is 2.03. The Hall–Kier alpha value is -1.00. The molecule has 0 aromatic heterocycles. The zero-order valence-electron chi connectivity index (χ0n) is 5.37. The fraction of sp³-hybridized carbons (Fsp3) is 0.400. The van der Waals surface area contributed by atoms with E-state index in [9.17, 15) is 13.2 Å². The number of alkyl halides is 1. The van der Waals surface area contributed by atoms with E-state index in [0.717, 1.165) is 6.34 Å². The lowest BCUT2D eigenvalue weighted by atomic mass is 10.6. The Morgan fingerprint density at radius 2 is 2.20 bits per heavy atom. The highest BCUT2D eigenvalue weighted by atomic mass is 19.2. The molecule has 0 aromatic rings. The predicted octanol–water partition coefficient (Wildman–Crippen LogP) is 1.31. The van der Waals surface area contributed by atoms with Crippen molar-refractivity contribution in [3.05, 3.63) is 11.8 Å². The normalized spacial score (nSPS) is 13.6. The third kappa shape index (κ3) is 3.11. The molecule has 0 heterocycles. The number of halogens is 3. The third-order valence-electron chi connectivity index (χ3n) is 0.676. The van der Waals surface area contributed by atoms with E-state index in [4.69, 9.17) is 0 Å². The standard InChI is InChI=1S/C5H7F3N2/c1-9-3-10-5(8)4(7)2-6/h3H,2H2,1H3,(H,9,10)/b5-4+. The number of aliphatic imine (C=N–C) groups is 1. The van der Waals surface area contributed by atoms with Crippen LogP contribution in [-0.2, 0) is 0 Å². The molecule has 58 valence electrons. The maximum Gasteiger partial charge on any atom is 0.226 e. The lowest BCUT2D eigenvalue weighted by Gasteiger charge is -1.93. The first-order chi connectivity index (χ1) is 4.72. The summed E-state index contributed by atoms with van der Waals surface area (Å²) in [5, 5.41) is 1.79. The quantitative estimate of drug-likeness (QED) is 0.368. The number of hydrogen-bond acceptors (Lipinski definition) is 1. The van der Waals surface area contributed by atoms with Gasteiger partial charge in [0.05, 0.1) is 6.34 Å². The van der Waals surface area contributed by atoms with Crippen molar-refractivity contribution in [2.24, 2.45) is 4.99 Å². The smallest absolute Gasteiger partial charge is 0.226 e. The Morgan fingerprint density at radius 3 is 2.60 bits per heavy atom. The van der Waals surface area contributed by atoms with Gasteiger partial charge in [-0.05, 0) is 0 Å². The molecule has 0 radical (unpaired) electrons. The van der Waals surface area contributed by atoms with Gasteiger partial charge in [-0.2, -0.15) is 4.39 Å². The second-order valence-corrected chi connectivity index (χ2v) is 1.38. The van der Waals surface area contributed by atoms with Gasteiger partial charge in [0.15, 0.2) is 5.83 Å². The van der Waals surface area contributed by atoms with Crippen molar-refractivity contribution in [2.75, 3.05) is 13.7 Å². The maximum absolute atomic E-state index is 12.0. The highest BCUT2D eigenvalue weighted by Gasteiger charge is 2.01. The molecule has 0 amide bonds. The molecule has 5 heteroatoms. The molecule has 0 bridgehead atoms. The lowest BCUT2D eigenvalue weighted by molar-refractivity contribution is 0.420. The average molecular weight is 152 g/mol. The Balaban J connectivity index is 3.91. The van der Waals surface area contributed by atoms with Gasteiger partial charge in [0.1, 0.15) is 6.67 Å². The van der Waals surface area contributed by atoms with E-state index in [-0.39, 0.29) is 0 Å². The zero-order chi connectivity index (χ0) is 7.98. The van der Waals surface area contributed by atoms with Crippen molar-refractivity contribution < 1.29 is 13.2 Å². The van der Waals surface area contributed by atoms with Gasteiger partial charge in [0, 0.05) is 7.05 Å². The Labute approximate surface area is 56.5 Å². The van der Waals surface area contributed by atoms with E-state index in [2.05, 4.69) is 4.99 Å². The second kappa shape index (κ2) is 4.84. The second-order valence-electron chi connectivity index (χ2n) is 1.38. The molecule has 0 rings (SSSR count). The number of allylic oxidation sites excluding steroid dienone is 1. The number of nitrogens with zero attached hydrogens (tertiary/aromatic N) is 1. The minimum Gasteiger partial charge on any atom is -0.321 e. The molecule has 0 aromatic carbocycles. The molecule has 0 aliphatic heterocycles. The van der Waals surface area contributed by atoms with Crippen LogP contribution in [0.25, 0.3) is 0 Å². The molecule has 0 aliphatic carbocycles. The Kier molecular flexibility index (Phi) is 4.36. The number of hydrogen-bond donors (Lipinski definition) is 1. The molecule has 10 heavy (non-hydrogen) atoms. The van der Waals surface area contributed by atoms with Crippen LogP contribution < -0.4 is 5.32 Å². The summed E-state index contributed by atoms with van der Waals surface area (Å²) in [6.07, 6.45) is 0.921. The highest BCUT2D eigenvalue weighted by molar-refractivity contribution is 5.56. The lowest BCUT2D eigenvalue weighted by Crippen LogP contribution is -2.08. The minimum atomic E-state index is -1.46. The monoisotopic (exact) mass is 152 g/mol. The van der Waals surface area contributed by atoms with E-state index in [1.54, 1.807) is 5.32 Å². The zero-order valence-corrected chi connectivity index (χ0v) is 5.37. The Bertz CT molecular complexity index is 153. The van der Waals surface area contributed by atoms with Gasteiger partial charge < -0.3 is 5.32 Å². The van der Waals surface area contributed by atoms with Crippen molar-refractivity contribution in [2.45, 2.75) is 0 Å². The van der Waals surface area contributed by atoms with Gasteiger partial charge in [-0.25, -0.2) is 8.78 Å². The molecule has 0 spiro atoms. The topological polar surface area (TPSA) is 24.4 Å². The van der Waals surface area contributed by atoms with Crippen molar-refractivity contribution in [1.29, 1.82) is 0 Å². The predicted molar refractivity (Wildman–Crippen MR) is 32.8 cm³/mol. The van der Waals surface area contributed by atoms with Gasteiger partial charge in [-0.1, -0.05) is 0 Å². The van der Waals surface area contributed by atoms with Crippen LogP contribution in [0.2, 0.25) is 0 Å². The van der Waals surface area contributed by atoms with Crippen LogP contribution in [0.1, 0.15) is 0 Å². The van der Waals surface area contributed by atoms with Crippen molar-refractivity contribution >= 4 is 6.34 Å². The molecule has 0 atom stereocenters. The molecule has 1 N–H and O–H groups in total. The molecule has 0 fully saturated rings. The average Bonchev–Trinajstić information content (AvgIpc) is 1.98. The van der Waals surface area contributed by atoms with Crippen LogP contribution in [0.4, 0.5) is 13.2 Å². The summed E-state index contributed by atoms with van der Waals surface area (Å²) in [6.45, 7) is -1.45. The summed E-state index contributed by atoms with van der Waals surface area (Å²) in [5.74, 6) is -2.80. The third-order valence-corrected chi connectivity index (χ3v) is 0.676. The molecule has 0 saturated heterocycles. The van der Waals surface area contributed by atoms with Crippen LogP contribution in [0.5, 0.6) is 0 Å². The molecular formula is C5H7F3N2. The summed E-state index contributed by atoms with van der Waals surface area (Å²) in [4.78, 5) is 3.29. The fourth-order valence-corrected chi connectivity index (χ4v) is 0.258. The summed E-state index contributed by atoms with van der Waals surface area (Å²) >= 11 is 0. The molecule has 0 aliphatic rings. The van der Waals surface area contributed by atoms with Crippen molar-refractivity contribution in [3.8, 4) is 0 Å². The van der Waals surface area contributed by atoms with Gasteiger partial charge >= 0.3 is 0 Å². The van der Waals surface area contributed by atoms with E-state index >= 15 is 0 Å². The van der Waals surface area contributed by atoms with Crippen LogP contribution in [0, 0.1) is 0 Å². The van der Waals surface area contributed by atoms with E-state index in [1.165, 1.54) is 7.05 Å². The number of nitrogens with one attached hydrogen (secondary N) is 1. The molecule has 2 nitrogen and oxygen atoms in total. The van der Waals surface area contributed by atoms with Gasteiger partial charge in [-0.15, -0.1) is 0 Å². The maximum atomic E-state index is 12.0. The van der Waals surface area contributed by atoms with Crippen molar-refractivity contribution in [1.82, 2.24) is 5.32 Å². The first kappa shape index (κ1) is 9.00. The van der Waals surface area contributed by atoms with E-state index in [0.29, 0.717) is 0 Å². The fourth-order valence-electron chi connectivity index (χ4n) is 0.258. The SMILES string of the molecule is CN=CN/C(F)=C(/F)CF. The van der Waals surface area contributed by atoms with Crippen molar-refractivity contribution in [3.63, 3.8) is 0 Å². The van der Waals surface area contributed by atoms with Crippen LogP contribution >= 0.6 is 0 Å². The van der Waals surface area contributed by atoms with Gasteiger partial charge in [0.25, 0.3) is 0 Å². The summed E-state index contributed by atoms with van der Waals surface area (Å²) < 4.78 is 35.2. The van der Waals surface area contributed by atoms with Crippen LogP contribution in [0.15, 0.2) is 16.8 Å². The Morgan fingerprint density at radius 1 is 1.60 bits per heavy atom. The van der Waals surface area contributed by atoms with E-state index in [1.807, 2.05) is 0 Å². The van der Waals surface area contributed by atoms with Gasteiger partial charge in [-0.3, -0.25) is 4.99 Å². The van der Waals surface area contributed by atoms with Gasteiger partial charge in [0.2, 0.25) is 5.95 Å². The molecule has 0 unspecified atom stereocenters. The molecular weight excluding hydrogens is 145 g/mol. The molecule has 0 saturated carbocycles. The summed E-state index contributed by atoms with van der Waals surface area (Å²) in [7, 11) is 1.37. The summed E-state index contributed by atoms with van der Waals surface area (Å²) in [5.41, 5.74) is 0. The first-order valence-electron chi connectivity index (χ1n) is 2.49.